The molecule has 0 fully saturated rings. The van der Waals surface area contributed by atoms with Gasteiger partial charge >= 0.3 is 18.3 Å². The first-order chi connectivity index (χ1) is 34.4. The van der Waals surface area contributed by atoms with Gasteiger partial charge in [-0.2, -0.15) is 26.3 Å². The summed E-state index contributed by atoms with van der Waals surface area (Å²) < 4.78 is 108. The lowest BCUT2D eigenvalue weighted by molar-refractivity contribution is -0.148. The summed E-state index contributed by atoms with van der Waals surface area (Å²) in [5.74, 6) is -0.377. The molecule has 0 saturated carbocycles. The van der Waals surface area contributed by atoms with Crippen molar-refractivity contribution in [1.29, 1.82) is 0 Å². The quantitative estimate of drug-likeness (QED) is 0.0795. The smallest absolute Gasteiger partial charge is 0.416 e. The number of aryl methyl sites for hydroxylation is 4. The molecular formula is C63H93F7O5. The van der Waals surface area contributed by atoms with Gasteiger partial charge in [-0.3, -0.25) is 4.79 Å². The molecular weight excluding hydrogens is 970 g/mol. The van der Waals surface area contributed by atoms with E-state index in [-0.39, 0.29) is 22.2 Å². The highest BCUT2D eigenvalue weighted by Gasteiger charge is 2.38. The number of rotatable bonds is 18. The van der Waals surface area contributed by atoms with Crippen molar-refractivity contribution in [3.05, 3.63) is 134 Å². The SMILES string of the molecule is CCCCCc1ccc(C(F)(F)F)c(C(C)(C)C)c1.CC[C@](C)(CCc1ccc(C(F)(F)F)c(C(C)(C)C)c1)C(=O)O.COCCCCc1ccc(C)c(C(C)(C)C)c1.COCCOc1ccc(F)c(C(C)(C)C)c1. The number of carbonyl (C=O) groups is 1. The van der Waals surface area contributed by atoms with E-state index in [0.717, 1.165) is 62.3 Å². The fourth-order valence-electron chi connectivity index (χ4n) is 8.28. The monoisotopic (exact) mass is 1060 g/mol. The van der Waals surface area contributed by atoms with E-state index in [1.807, 2.05) is 41.5 Å². The van der Waals surface area contributed by atoms with Crippen LogP contribution in [0.5, 0.6) is 5.75 Å². The Hall–Kier alpha value is -4.42. The minimum absolute atomic E-state index is 0.188. The lowest BCUT2D eigenvalue weighted by Crippen LogP contribution is -2.27. The number of ether oxygens (including phenoxy) is 3. The fraction of sp³-hybridized carbons (Fsp3) is 0.603. The number of halogens is 7. The molecule has 424 valence electrons. The third-order valence-electron chi connectivity index (χ3n) is 13.2. The second-order valence-corrected chi connectivity index (χ2v) is 24.0. The number of carboxylic acid groups (broad SMARTS) is 1. The highest BCUT2D eigenvalue weighted by atomic mass is 19.4. The van der Waals surface area contributed by atoms with Crippen molar-refractivity contribution in [2.45, 2.75) is 209 Å². The van der Waals surface area contributed by atoms with Crippen LogP contribution in [0.3, 0.4) is 0 Å². The van der Waals surface area contributed by atoms with Crippen molar-refractivity contribution in [2.75, 3.05) is 34.0 Å². The number of unbranched alkanes of at least 4 members (excludes halogenated alkanes) is 3. The molecule has 1 N–H and O–H groups in total. The van der Waals surface area contributed by atoms with E-state index in [1.54, 1.807) is 79.2 Å². The normalized spacial score (nSPS) is 13.1. The molecule has 4 aromatic carbocycles. The summed E-state index contributed by atoms with van der Waals surface area (Å²) in [6.45, 7) is 33.2. The van der Waals surface area contributed by atoms with Crippen LogP contribution in [0.15, 0.2) is 72.8 Å². The number of aliphatic carboxylic acids is 1. The molecule has 0 saturated heterocycles. The van der Waals surface area contributed by atoms with Gasteiger partial charge in [0.05, 0.1) is 23.1 Å². The van der Waals surface area contributed by atoms with E-state index < -0.39 is 45.7 Å². The van der Waals surface area contributed by atoms with Crippen LogP contribution >= 0.6 is 0 Å². The minimum Gasteiger partial charge on any atom is -0.491 e. The molecule has 1 atom stereocenters. The zero-order valence-electron chi connectivity index (χ0n) is 48.8. The van der Waals surface area contributed by atoms with Crippen molar-refractivity contribution in [3.63, 3.8) is 0 Å². The van der Waals surface area contributed by atoms with Crippen LogP contribution in [-0.2, 0) is 67.5 Å². The predicted octanol–water partition coefficient (Wildman–Crippen LogP) is 18.6. The van der Waals surface area contributed by atoms with Crippen molar-refractivity contribution in [3.8, 4) is 5.75 Å². The summed E-state index contributed by atoms with van der Waals surface area (Å²) in [5, 5.41) is 9.30. The number of hydrogen-bond acceptors (Lipinski definition) is 4. The van der Waals surface area contributed by atoms with Gasteiger partial charge in [0.2, 0.25) is 0 Å². The Balaban J connectivity index is 0.000000505. The van der Waals surface area contributed by atoms with Crippen molar-refractivity contribution in [2.24, 2.45) is 5.41 Å². The van der Waals surface area contributed by atoms with Crippen LogP contribution in [0.2, 0.25) is 0 Å². The third kappa shape index (κ3) is 24.2. The Morgan fingerprint density at radius 2 is 0.920 bits per heavy atom. The Morgan fingerprint density at radius 1 is 0.493 bits per heavy atom. The molecule has 0 heterocycles. The van der Waals surface area contributed by atoms with Crippen LogP contribution in [0.25, 0.3) is 0 Å². The van der Waals surface area contributed by atoms with Gasteiger partial charge in [0.25, 0.3) is 0 Å². The van der Waals surface area contributed by atoms with Gasteiger partial charge in [0.1, 0.15) is 18.2 Å². The third-order valence-corrected chi connectivity index (χ3v) is 13.2. The number of alkyl halides is 6. The molecule has 0 aromatic heterocycles. The van der Waals surface area contributed by atoms with Gasteiger partial charge in [-0.15, -0.1) is 0 Å². The standard InChI is InChI=1S/C18H25F3O2.C16H23F3.C16H26O.C13H19FO2/c1-6-17(5,15(22)23)10-9-12-7-8-13(18(19,20)21)14(11-12)16(2,3)4;1-5-6-7-8-12-9-10-13(16(17,18)19)14(11-12)15(2,3)4;1-13-9-10-14(8-6-7-11-17-5)12-15(13)16(2,3)4;1-13(2,3)11-9-10(5-6-12(11)14)16-8-7-15-4/h7-8,11H,6,9-10H2,1-5H3,(H,22,23);9-11H,5-8H2,1-4H3;9-10,12H,6-8,11H2,1-5H3;5-6,9H,7-8H2,1-4H3/t17-;;;/m1.../s1. The summed E-state index contributed by atoms with van der Waals surface area (Å²) >= 11 is 0. The molecule has 0 aliphatic carbocycles. The van der Waals surface area contributed by atoms with Crippen LogP contribution in [0, 0.1) is 18.2 Å². The maximum atomic E-state index is 13.6. The molecule has 0 radical (unpaired) electrons. The summed E-state index contributed by atoms with van der Waals surface area (Å²) in [7, 11) is 3.39. The zero-order chi connectivity index (χ0) is 57.8. The van der Waals surface area contributed by atoms with E-state index >= 15 is 0 Å². The first-order valence-electron chi connectivity index (χ1n) is 26.5. The molecule has 0 amide bonds. The maximum Gasteiger partial charge on any atom is 0.416 e. The van der Waals surface area contributed by atoms with Crippen molar-refractivity contribution >= 4 is 5.97 Å². The van der Waals surface area contributed by atoms with Crippen molar-refractivity contribution in [1.82, 2.24) is 0 Å². The maximum absolute atomic E-state index is 13.6. The van der Waals surface area contributed by atoms with E-state index in [1.165, 1.54) is 41.3 Å². The van der Waals surface area contributed by atoms with E-state index in [4.69, 9.17) is 14.2 Å². The van der Waals surface area contributed by atoms with Gasteiger partial charge in [-0.1, -0.05) is 152 Å². The summed E-state index contributed by atoms with van der Waals surface area (Å²) in [5.41, 5.74) is 4.30. The molecule has 75 heavy (non-hydrogen) atoms. The number of carboxylic acids is 1. The van der Waals surface area contributed by atoms with Crippen molar-refractivity contribution < 1.29 is 54.8 Å². The number of benzene rings is 4. The first-order valence-corrected chi connectivity index (χ1v) is 26.5. The molecule has 0 unspecified atom stereocenters. The summed E-state index contributed by atoms with van der Waals surface area (Å²) in [4.78, 5) is 11.3. The Morgan fingerprint density at radius 3 is 1.32 bits per heavy atom. The zero-order valence-corrected chi connectivity index (χ0v) is 48.8. The van der Waals surface area contributed by atoms with Gasteiger partial charge in [0.15, 0.2) is 0 Å². The number of hydrogen-bond donors (Lipinski definition) is 1. The second-order valence-electron chi connectivity index (χ2n) is 24.0. The van der Waals surface area contributed by atoms with Crippen LogP contribution in [-0.4, -0.2) is 45.1 Å². The molecule has 0 bridgehead atoms. The topological polar surface area (TPSA) is 65.0 Å². The average molecular weight is 1060 g/mol. The lowest BCUT2D eigenvalue weighted by Gasteiger charge is -2.26. The molecule has 0 aliphatic heterocycles. The largest absolute Gasteiger partial charge is 0.491 e. The van der Waals surface area contributed by atoms with Gasteiger partial charge < -0.3 is 19.3 Å². The van der Waals surface area contributed by atoms with Crippen LogP contribution in [0.4, 0.5) is 30.7 Å². The minimum atomic E-state index is -4.39. The molecule has 4 rings (SSSR count). The second kappa shape index (κ2) is 29.9. The molecule has 0 aliphatic rings. The molecule has 12 heteroatoms. The highest BCUT2D eigenvalue weighted by molar-refractivity contribution is 5.74. The first kappa shape index (κ1) is 68.6. The van der Waals surface area contributed by atoms with E-state index in [2.05, 4.69) is 52.8 Å². The lowest BCUT2D eigenvalue weighted by atomic mass is 9.79. The Kier molecular flexibility index (Phi) is 27.4. The van der Waals surface area contributed by atoms with E-state index in [0.29, 0.717) is 49.4 Å². The summed E-state index contributed by atoms with van der Waals surface area (Å²) in [6, 6.07) is 20.5. The molecule has 4 aromatic rings. The van der Waals surface area contributed by atoms with Crippen LogP contribution in [0.1, 0.15) is 204 Å². The fourth-order valence-corrected chi connectivity index (χ4v) is 8.28. The number of methoxy groups -OCH3 is 2. The Labute approximate surface area is 447 Å². The van der Waals surface area contributed by atoms with Crippen LogP contribution < -0.4 is 4.74 Å². The average Bonchev–Trinajstić information content (AvgIpc) is 3.29. The predicted molar refractivity (Wildman–Crippen MR) is 295 cm³/mol. The van der Waals surface area contributed by atoms with Gasteiger partial charge in [0, 0.05) is 20.8 Å². The molecule has 5 nitrogen and oxygen atoms in total. The highest BCUT2D eigenvalue weighted by Crippen LogP contribution is 2.40. The Bertz CT molecular complexity index is 2320. The van der Waals surface area contributed by atoms with Gasteiger partial charge in [-0.25, -0.2) is 4.39 Å². The van der Waals surface area contributed by atoms with Gasteiger partial charge in [-0.05, 0) is 162 Å². The van der Waals surface area contributed by atoms with E-state index in [9.17, 15) is 40.6 Å². The molecule has 0 spiro atoms. The summed E-state index contributed by atoms with van der Waals surface area (Å²) in [6.07, 6.45) is 0.299.